The molecule has 1 atom stereocenters. The molecule has 29 heavy (non-hydrogen) atoms. The highest BCUT2D eigenvalue weighted by atomic mass is 127. The highest BCUT2D eigenvalue weighted by Gasteiger charge is 2.14. The van der Waals surface area contributed by atoms with Crippen molar-refractivity contribution in [2.75, 3.05) is 13.7 Å². The first-order valence-corrected chi connectivity index (χ1v) is 10.2. The molecule has 0 aliphatic carbocycles. The van der Waals surface area contributed by atoms with Gasteiger partial charge in [-0.05, 0) is 42.3 Å². The Hall–Kier alpha value is -1.76. The Labute approximate surface area is 188 Å². The minimum absolute atomic E-state index is 0. The lowest BCUT2D eigenvalue weighted by molar-refractivity contribution is 0.179. The van der Waals surface area contributed by atoms with Crippen LogP contribution in [-0.4, -0.2) is 34.1 Å². The van der Waals surface area contributed by atoms with Crippen LogP contribution in [0.2, 0.25) is 0 Å². The number of ether oxygens (including phenoxy) is 1. The largest absolute Gasteiger partial charge is 0.383 e. The van der Waals surface area contributed by atoms with E-state index in [4.69, 9.17) is 10.5 Å². The highest BCUT2D eigenvalue weighted by molar-refractivity contribution is 14.0. The summed E-state index contributed by atoms with van der Waals surface area (Å²) in [4.78, 5) is 4.32. The Kier molecular flexibility index (Phi) is 10.5. The molecule has 160 valence electrons. The van der Waals surface area contributed by atoms with Crippen molar-refractivity contribution in [1.29, 1.82) is 0 Å². The number of sulfonamides is 1. The number of hydrogen-bond acceptors (Lipinski definition) is 4. The van der Waals surface area contributed by atoms with E-state index in [1.807, 2.05) is 6.92 Å². The molecular formula is C19H26FIN4O3S. The van der Waals surface area contributed by atoms with Gasteiger partial charge in [0, 0.05) is 19.7 Å². The number of nitrogens with one attached hydrogen (secondary N) is 2. The zero-order valence-electron chi connectivity index (χ0n) is 16.3. The van der Waals surface area contributed by atoms with Crippen molar-refractivity contribution in [3.05, 3.63) is 65.5 Å². The van der Waals surface area contributed by atoms with Gasteiger partial charge >= 0.3 is 0 Å². The molecule has 2 aromatic carbocycles. The molecule has 10 heteroatoms. The summed E-state index contributed by atoms with van der Waals surface area (Å²) >= 11 is 0. The third-order valence-electron chi connectivity index (χ3n) is 3.81. The first kappa shape index (κ1) is 25.3. The van der Waals surface area contributed by atoms with E-state index in [0.717, 1.165) is 0 Å². The lowest BCUT2D eigenvalue weighted by Crippen LogP contribution is -2.40. The predicted octanol–water partition coefficient (Wildman–Crippen LogP) is 2.36. The molecule has 0 aliphatic heterocycles. The van der Waals surface area contributed by atoms with E-state index >= 15 is 0 Å². The second kappa shape index (κ2) is 12.1. The van der Waals surface area contributed by atoms with E-state index in [2.05, 4.69) is 15.0 Å². The smallest absolute Gasteiger partial charge is 0.240 e. The van der Waals surface area contributed by atoms with Gasteiger partial charge in [0.15, 0.2) is 5.96 Å². The van der Waals surface area contributed by atoms with E-state index < -0.39 is 15.8 Å². The van der Waals surface area contributed by atoms with Gasteiger partial charge < -0.3 is 15.8 Å². The Bertz CT molecular complexity index is 925. The van der Waals surface area contributed by atoms with E-state index in [0.29, 0.717) is 17.7 Å². The standard InChI is InChI=1S/C19H25FN4O3S.HI/c1-14(13-27-2)24-19(21)22-11-16-6-4-8-18(10-16)28(25,26)23-12-15-5-3-7-17(20)9-15;/h3-10,14,23H,11-13H2,1-2H3,(H3,21,22,24);1H. The average Bonchev–Trinajstić information content (AvgIpc) is 2.65. The maximum absolute atomic E-state index is 13.2. The van der Waals surface area contributed by atoms with Gasteiger partial charge in [-0.3, -0.25) is 0 Å². The Morgan fingerprint density at radius 3 is 2.59 bits per heavy atom. The Morgan fingerprint density at radius 1 is 1.21 bits per heavy atom. The molecule has 2 aromatic rings. The van der Waals surface area contributed by atoms with Crippen LogP contribution in [0.15, 0.2) is 58.4 Å². The van der Waals surface area contributed by atoms with Gasteiger partial charge in [0.25, 0.3) is 0 Å². The molecule has 0 heterocycles. The number of hydrogen-bond donors (Lipinski definition) is 3. The number of benzene rings is 2. The van der Waals surface area contributed by atoms with Gasteiger partial charge in [0.1, 0.15) is 5.82 Å². The van der Waals surface area contributed by atoms with Crippen LogP contribution in [0.3, 0.4) is 0 Å². The zero-order valence-corrected chi connectivity index (χ0v) is 19.4. The van der Waals surface area contributed by atoms with Crippen molar-refractivity contribution in [2.45, 2.75) is 31.0 Å². The van der Waals surface area contributed by atoms with Crippen LogP contribution in [0.5, 0.6) is 0 Å². The fourth-order valence-corrected chi connectivity index (χ4v) is 3.57. The van der Waals surface area contributed by atoms with E-state index in [1.165, 1.54) is 30.3 Å². The first-order valence-electron chi connectivity index (χ1n) is 8.68. The minimum Gasteiger partial charge on any atom is -0.383 e. The first-order chi connectivity index (χ1) is 13.3. The van der Waals surface area contributed by atoms with Gasteiger partial charge in [-0.1, -0.05) is 24.3 Å². The maximum Gasteiger partial charge on any atom is 0.240 e. The third-order valence-corrected chi connectivity index (χ3v) is 5.21. The summed E-state index contributed by atoms with van der Waals surface area (Å²) in [6.07, 6.45) is 0. The SMILES string of the molecule is COCC(C)NC(N)=NCc1cccc(S(=O)(=O)NCc2cccc(F)c2)c1.I. The van der Waals surface area contributed by atoms with Crippen LogP contribution in [0.25, 0.3) is 0 Å². The van der Waals surface area contributed by atoms with Crippen molar-refractivity contribution in [3.8, 4) is 0 Å². The van der Waals surface area contributed by atoms with Crippen LogP contribution in [0.4, 0.5) is 4.39 Å². The van der Waals surface area contributed by atoms with E-state index in [1.54, 1.807) is 25.3 Å². The third kappa shape index (κ3) is 8.64. The minimum atomic E-state index is -3.74. The van der Waals surface area contributed by atoms with Crippen LogP contribution < -0.4 is 15.8 Å². The maximum atomic E-state index is 13.2. The number of aliphatic imine (C=N–C) groups is 1. The molecule has 1 unspecified atom stereocenters. The quantitative estimate of drug-likeness (QED) is 0.259. The fourth-order valence-electron chi connectivity index (χ4n) is 2.49. The number of nitrogens with zero attached hydrogens (tertiary/aromatic N) is 1. The van der Waals surface area contributed by atoms with Crippen LogP contribution in [0.1, 0.15) is 18.1 Å². The molecular weight excluding hydrogens is 510 g/mol. The van der Waals surface area contributed by atoms with Crippen molar-refractivity contribution in [3.63, 3.8) is 0 Å². The topological polar surface area (TPSA) is 106 Å². The summed E-state index contributed by atoms with van der Waals surface area (Å²) in [5.74, 6) is -0.162. The Morgan fingerprint density at radius 2 is 1.90 bits per heavy atom. The molecule has 0 amide bonds. The van der Waals surface area contributed by atoms with Crippen molar-refractivity contribution >= 4 is 40.0 Å². The summed E-state index contributed by atoms with van der Waals surface area (Å²) < 4.78 is 45.7. The van der Waals surface area contributed by atoms with Gasteiger partial charge in [0.2, 0.25) is 10.0 Å². The molecule has 0 saturated heterocycles. The van der Waals surface area contributed by atoms with Crippen LogP contribution >= 0.6 is 24.0 Å². The van der Waals surface area contributed by atoms with Crippen LogP contribution in [0, 0.1) is 5.82 Å². The normalized spacial score (nSPS) is 12.9. The lowest BCUT2D eigenvalue weighted by atomic mass is 10.2. The molecule has 0 aromatic heterocycles. The molecule has 7 nitrogen and oxygen atoms in total. The monoisotopic (exact) mass is 536 g/mol. The number of halogens is 2. The lowest BCUT2D eigenvalue weighted by Gasteiger charge is -2.13. The predicted molar refractivity (Wildman–Crippen MR) is 122 cm³/mol. The number of methoxy groups -OCH3 is 1. The number of rotatable bonds is 9. The molecule has 0 spiro atoms. The highest BCUT2D eigenvalue weighted by Crippen LogP contribution is 2.13. The summed E-state index contributed by atoms with van der Waals surface area (Å²) in [5.41, 5.74) is 7.05. The van der Waals surface area contributed by atoms with Gasteiger partial charge in [-0.25, -0.2) is 22.5 Å². The van der Waals surface area contributed by atoms with Crippen LogP contribution in [-0.2, 0) is 27.8 Å². The molecule has 2 rings (SSSR count). The molecule has 0 radical (unpaired) electrons. The van der Waals surface area contributed by atoms with E-state index in [9.17, 15) is 12.8 Å². The van der Waals surface area contributed by atoms with Gasteiger partial charge in [0.05, 0.1) is 18.0 Å². The molecule has 0 fully saturated rings. The van der Waals surface area contributed by atoms with Gasteiger partial charge in [-0.15, -0.1) is 24.0 Å². The number of guanidine groups is 1. The summed E-state index contributed by atoms with van der Waals surface area (Å²) in [5, 5.41) is 2.98. The summed E-state index contributed by atoms with van der Waals surface area (Å²) in [6, 6.07) is 12.2. The van der Waals surface area contributed by atoms with Crippen molar-refractivity contribution in [1.82, 2.24) is 10.0 Å². The second-order valence-electron chi connectivity index (χ2n) is 6.30. The summed E-state index contributed by atoms with van der Waals surface area (Å²) in [6.45, 7) is 2.62. The summed E-state index contributed by atoms with van der Waals surface area (Å²) in [7, 11) is -2.15. The van der Waals surface area contributed by atoms with Gasteiger partial charge in [-0.2, -0.15) is 0 Å². The molecule has 0 saturated carbocycles. The zero-order chi connectivity index (χ0) is 20.6. The molecule has 4 N–H and O–H groups in total. The molecule has 0 bridgehead atoms. The second-order valence-corrected chi connectivity index (χ2v) is 8.07. The Balaban J connectivity index is 0.00000420. The van der Waals surface area contributed by atoms with Crippen molar-refractivity contribution in [2.24, 2.45) is 10.7 Å². The number of nitrogens with two attached hydrogens (primary N) is 1. The molecule has 0 aliphatic rings. The van der Waals surface area contributed by atoms with E-state index in [-0.39, 0.29) is 54.0 Å². The van der Waals surface area contributed by atoms with Crippen molar-refractivity contribution < 1.29 is 17.5 Å². The average molecular weight is 536 g/mol. The fraction of sp³-hybridized carbons (Fsp3) is 0.316.